The molecule has 1 heterocycles. The molecule has 5 heteroatoms. The highest BCUT2D eigenvalue weighted by Gasteiger charge is 2.26. The molecular formula is C14H25N3O2. The highest BCUT2D eigenvalue weighted by atomic mass is 16.5. The molecule has 1 aliphatic carbocycles. The lowest BCUT2D eigenvalue weighted by atomic mass is 9.96. The Morgan fingerprint density at radius 3 is 2.53 bits per heavy atom. The molecule has 19 heavy (non-hydrogen) atoms. The highest BCUT2D eigenvalue weighted by molar-refractivity contribution is 5.00. The van der Waals surface area contributed by atoms with Gasteiger partial charge in [-0.1, -0.05) is 38.8 Å². The smallest absolute Gasteiger partial charge is 0.240 e. The minimum absolute atomic E-state index is 0.0864. The van der Waals surface area contributed by atoms with Crippen molar-refractivity contribution in [2.45, 2.75) is 64.5 Å². The fourth-order valence-corrected chi connectivity index (χ4v) is 2.59. The van der Waals surface area contributed by atoms with Crippen molar-refractivity contribution in [3.8, 4) is 0 Å². The van der Waals surface area contributed by atoms with E-state index in [4.69, 9.17) is 4.52 Å². The molecule has 2 rings (SSSR count). The van der Waals surface area contributed by atoms with Crippen molar-refractivity contribution in [3.05, 3.63) is 11.7 Å². The maximum Gasteiger partial charge on any atom is 0.240 e. The van der Waals surface area contributed by atoms with Crippen molar-refractivity contribution < 1.29 is 9.63 Å². The zero-order valence-corrected chi connectivity index (χ0v) is 12.2. The molecule has 1 aromatic rings. The number of hydrogen-bond donors (Lipinski definition) is 1. The fourth-order valence-electron chi connectivity index (χ4n) is 2.59. The minimum atomic E-state index is -0.0864. The molecule has 108 valence electrons. The Balaban J connectivity index is 2.02. The molecule has 0 spiro atoms. The summed E-state index contributed by atoms with van der Waals surface area (Å²) >= 11 is 0. The maximum atomic E-state index is 9.20. The molecule has 0 saturated heterocycles. The Hall–Kier alpha value is -0.940. The summed E-state index contributed by atoms with van der Waals surface area (Å²) in [6, 6.07) is 0.553. The van der Waals surface area contributed by atoms with Crippen molar-refractivity contribution >= 4 is 0 Å². The molecular weight excluding hydrogens is 242 g/mol. The maximum absolute atomic E-state index is 9.20. The zero-order chi connectivity index (χ0) is 13.9. The normalized spacial score (nSPS) is 17.5. The first kappa shape index (κ1) is 14.5. The summed E-state index contributed by atoms with van der Waals surface area (Å²) in [5.41, 5.74) is -0.0864. The average molecular weight is 267 g/mol. The Labute approximate surface area is 115 Å². The van der Waals surface area contributed by atoms with Crippen LogP contribution in [0.3, 0.4) is 0 Å². The summed E-state index contributed by atoms with van der Waals surface area (Å²) < 4.78 is 5.34. The van der Waals surface area contributed by atoms with E-state index in [9.17, 15) is 5.11 Å². The summed E-state index contributed by atoms with van der Waals surface area (Å²) in [6.07, 6.45) is 4.98. The minimum Gasteiger partial charge on any atom is -0.395 e. The summed E-state index contributed by atoms with van der Waals surface area (Å²) in [5.74, 6) is 1.41. The van der Waals surface area contributed by atoms with E-state index in [0.717, 1.165) is 5.82 Å². The summed E-state index contributed by atoms with van der Waals surface area (Å²) in [4.78, 5) is 6.74. The van der Waals surface area contributed by atoms with Gasteiger partial charge >= 0.3 is 0 Å². The Kier molecular flexibility index (Phi) is 4.58. The first-order valence-corrected chi connectivity index (χ1v) is 7.18. The second-order valence-corrected chi connectivity index (χ2v) is 6.39. The van der Waals surface area contributed by atoms with Crippen molar-refractivity contribution in [1.82, 2.24) is 15.0 Å². The van der Waals surface area contributed by atoms with Gasteiger partial charge in [0.1, 0.15) is 0 Å². The molecule has 0 aromatic carbocycles. The quantitative estimate of drug-likeness (QED) is 0.885. The van der Waals surface area contributed by atoms with E-state index in [-0.39, 0.29) is 12.0 Å². The van der Waals surface area contributed by atoms with E-state index in [2.05, 4.69) is 35.8 Å². The lowest BCUT2D eigenvalue weighted by Crippen LogP contribution is -2.35. The lowest BCUT2D eigenvalue weighted by Gasteiger charge is -2.26. The molecule has 0 atom stereocenters. The van der Waals surface area contributed by atoms with E-state index in [1.165, 1.54) is 25.7 Å². The summed E-state index contributed by atoms with van der Waals surface area (Å²) in [6.45, 7) is 7.72. The van der Waals surface area contributed by atoms with Crippen LogP contribution in [-0.2, 0) is 12.0 Å². The van der Waals surface area contributed by atoms with Crippen LogP contribution in [0.25, 0.3) is 0 Å². The number of rotatable bonds is 5. The van der Waals surface area contributed by atoms with Crippen molar-refractivity contribution in [1.29, 1.82) is 0 Å². The van der Waals surface area contributed by atoms with Crippen LogP contribution in [0, 0.1) is 0 Å². The average Bonchev–Trinajstić information content (AvgIpc) is 2.98. The molecule has 1 aromatic heterocycles. The number of aliphatic hydroxyl groups excluding tert-OH is 1. The van der Waals surface area contributed by atoms with Gasteiger partial charge in [-0.25, -0.2) is 0 Å². The van der Waals surface area contributed by atoms with E-state index in [1.807, 2.05) is 0 Å². The van der Waals surface area contributed by atoms with Crippen molar-refractivity contribution in [2.24, 2.45) is 0 Å². The monoisotopic (exact) mass is 267 g/mol. The van der Waals surface area contributed by atoms with Gasteiger partial charge in [0.25, 0.3) is 0 Å². The predicted molar refractivity (Wildman–Crippen MR) is 72.7 cm³/mol. The molecule has 1 saturated carbocycles. The standard InChI is InChI=1S/C14H25N3O2/c1-14(2,3)13-15-12(19-16-13)10-17(8-9-18)11-6-4-5-7-11/h11,18H,4-10H2,1-3H3. The van der Waals surface area contributed by atoms with Gasteiger partial charge in [-0.15, -0.1) is 0 Å². The summed E-state index contributed by atoms with van der Waals surface area (Å²) in [5, 5.41) is 13.3. The molecule has 0 aliphatic heterocycles. The fraction of sp³-hybridized carbons (Fsp3) is 0.857. The number of aromatic nitrogens is 2. The second-order valence-electron chi connectivity index (χ2n) is 6.39. The largest absolute Gasteiger partial charge is 0.395 e. The van der Waals surface area contributed by atoms with Gasteiger partial charge in [0, 0.05) is 18.0 Å². The number of hydrogen-bond acceptors (Lipinski definition) is 5. The molecule has 0 amide bonds. The van der Waals surface area contributed by atoms with E-state index < -0.39 is 0 Å². The van der Waals surface area contributed by atoms with Gasteiger partial charge in [-0.2, -0.15) is 4.98 Å². The number of nitrogens with zero attached hydrogens (tertiary/aromatic N) is 3. The SMILES string of the molecule is CC(C)(C)c1noc(CN(CCO)C2CCCC2)n1. The number of aliphatic hydroxyl groups is 1. The van der Waals surface area contributed by atoms with Crippen molar-refractivity contribution in [3.63, 3.8) is 0 Å². The van der Waals surface area contributed by atoms with Crippen molar-refractivity contribution in [2.75, 3.05) is 13.2 Å². The highest BCUT2D eigenvalue weighted by Crippen LogP contribution is 2.25. The third kappa shape index (κ3) is 3.76. The van der Waals surface area contributed by atoms with E-state index in [0.29, 0.717) is 25.0 Å². The van der Waals surface area contributed by atoms with Gasteiger partial charge in [0.2, 0.25) is 5.89 Å². The molecule has 0 radical (unpaired) electrons. The van der Waals surface area contributed by atoms with Crippen LogP contribution in [0.15, 0.2) is 4.52 Å². The van der Waals surface area contributed by atoms with Crippen LogP contribution in [-0.4, -0.2) is 39.3 Å². The molecule has 1 N–H and O–H groups in total. The third-order valence-corrected chi connectivity index (χ3v) is 3.71. The van der Waals surface area contributed by atoms with Crippen LogP contribution in [0.4, 0.5) is 0 Å². The van der Waals surface area contributed by atoms with Crippen LogP contribution in [0.5, 0.6) is 0 Å². The Bertz CT molecular complexity index is 392. The van der Waals surface area contributed by atoms with Crippen LogP contribution >= 0.6 is 0 Å². The van der Waals surface area contributed by atoms with E-state index >= 15 is 0 Å². The zero-order valence-electron chi connectivity index (χ0n) is 12.2. The van der Waals surface area contributed by atoms with Gasteiger partial charge in [-0.3, -0.25) is 4.90 Å². The first-order valence-electron chi connectivity index (χ1n) is 7.18. The Morgan fingerprint density at radius 2 is 2.00 bits per heavy atom. The van der Waals surface area contributed by atoms with E-state index in [1.54, 1.807) is 0 Å². The Morgan fingerprint density at radius 1 is 1.32 bits per heavy atom. The van der Waals surface area contributed by atoms with Gasteiger partial charge in [0.15, 0.2) is 5.82 Å². The summed E-state index contributed by atoms with van der Waals surface area (Å²) in [7, 11) is 0. The second kappa shape index (κ2) is 6.01. The van der Waals surface area contributed by atoms with Gasteiger partial charge in [-0.05, 0) is 12.8 Å². The molecule has 0 bridgehead atoms. The third-order valence-electron chi connectivity index (χ3n) is 3.71. The van der Waals surface area contributed by atoms with Crippen LogP contribution in [0.1, 0.15) is 58.2 Å². The van der Waals surface area contributed by atoms with Gasteiger partial charge < -0.3 is 9.63 Å². The van der Waals surface area contributed by atoms with Crippen LogP contribution in [0.2, 0.25) is 0 Å². The predicted octanol–water partition coefficient (Wildman–Crippen LogP) is 2.10. The topological polar surface area (TPSA) is 62.4 Å². The van der Waals surface area contributed by atoms with Crippen LogP contribution < -0.4 is 0 Å². The molecule has 1 fully saturated rings. The molecule has 1 aliphatic rings. The molecule has 5 nitrogen and oxygen atoms in total. The lowest BCUT2D eigenvalue weighted by molar-refractivity contribution is 0.130. The van der Waals surface area contributed by atoms with Gasteiger partial charge in [0.05, 0.1) is 13.2 Å². The molecule has 0 unspecified atom stereocenters. The first-order chi connectivity index (χ1) is 9.00.